The zero-order chi connectivity index (χ0) is 13.1. The van der Waals surface area contributed by atoms with Crippen LogP contribution in [0.1, 0.15) is 11.1 Å². The number of hydrogen-bond donors (Lipinski definition) is 0. The molecule has 0 aliphatic carbocycles. The van der Waals surface area contributed by atoms with Crippen LogP contribution >= 0.6 is 11.6 Å². The van der Waals surface area contributed by atoms with Crippen molar-refractivity contribution < 1.29 is 8.42 Å². The van der Waals surface area contributed by atoms with Gasteiger partial charge in [-0.3, -0.25) is 0 Å². The van der Waals surface area contributed by atoms with Crippen LogP contribution in [-0.4, -0.2) is 32.2 Å². The summed E-state index contributed by atoms with van der Waals surface area (Å²) >= 11 is 5.52. The van der Waals surface area contributed by atoms with Gasteiger partial charge in [-0.05, 0) is 30.7 Å². The number of sulfonamides is 1. The first-order valence-corrected chi connectivity index (χ1v) is 6.94. The summed E-state index contributed by atoms with van der Waals surface area (Å²) in [5.74, 6) is 0.241. The van der Waals surface area contributed by atoms with Crippen molar-refractivity contribution in [1.82, 2.24) is 4.31 Å². The number of rotatable bonds is 4. The van der Waals surface area contributed by atoms with Gasteiger partial charge in [0.1, 0.15) is 0 Å². The highest BCUT2D eigenvalue weighted by molar-refractivity contribution is 7.89. The molecule has 0 aromatic heterocycles. The van der Waals surface area contributed by atoms with Gasteiger partial charge in [-0.1, -0.05) is 0 Å². The summed E-state index contributed by atoms with van der Waals surface area (Å²) in [6.45, 7) is 1.96. The lowest BCUT2D eigenvalue weighted by Crippen LogP contribution is -2.28. The van der Waals surface area contributed by atoms with Crippen LogP contribution < -0.4 is 0 Å². The zero-order valence-electron chi connectivity index (χ0n) is 9.64. The van der Waals surface area contributed by atoms with E-state index in [4.69, 9.17) is 16.9 Å². The van der Waals surface area contributed by atoms with Crippen LogP contribution in [0.5, 0.6) is 0 Å². The molecule has 0 aliphatic rings. The second-order valence-electron chi connectivity index (χ2n) is 3.60. The van der Waals surface area contributed by atoms with E-state index >= 15 is 0 Å². The summed E-state index contributed by atoms with van der Waals surface area (Å²) in [6.07, 6.45) is 0. The summed E-state index contributed by atoms with van der Waals surface area (Å²) in [5, 5.41) is 8.78. The number of nitriles is 1. The molecular weight excluding hydrogens is 260 g/mol. The molecule has 0 saturated carbocycles. The molecule has 1 rings (SSSR count). The van der Waals surface area contributed by atoms with E-state index in [9.17, 15) is 8.42 Å². The van der Waals surface area contributed by atoms with E-state index in [1.165, 1.54) is 29.6 Å². The van der Waals surface area contributed by atoms with Gasteiger partial charge >= 0.3 is 0 Å². The van der Waals surface area contributed by atoms with Crippen LogP contribution in [0.3, 0.4) is 0 Å². The maximum absolute atomic E-state index is 12.1. The highest BCUT2D eigenvalue weighted by Crippen LogP contribution is 2.18. The van der Waals surface area contributed by atoms with Crippen LogP contribution in [0, 0.1) is 18.3 Å². The third-order valence-corrected chi connectivity index (χ3v) is 4.45. The quantitative estimate of drug-likeness (QED) is 0.784. The third-order valence-electron chi connectivity index (χ3n) is 2.43. The lowest BCUT2D eigenvalue weighted by Gasteiger charge is -2.16. The SMILES string of the molecule is Cc1cc(S(=O)(=O)N(C)CCCl)ccc1C#N. The molecule has 0 N–H and O–H groups in total. The lowest BCUT2D eigenvalue weighted by atomic mass is 10.1. The molecule has 0 radical (unpaired) electrons. The van der Waals surface area contributed by atoms with E-state index in [-0.39, 0.29) is 17.3 Å². The number of halogens is 1. The van der Waals surface area contributed by atoms with E-state index in [0.717, 1.165) is 0 Å². The number of benzene rings is 1. The predicted molar refractivity (Wildman–Crippen MR) is 66.4 cm³/mol. The van der Waals surface area contributed by atoms with E-state index in [1.54, 1.807) is 6.92 Å². The molecule has 6 heteroatoms. The molecule has 0 atom stereocenters. The molecule has 92 valence electrons. The average molecular weight is 273 g/mol. The van der Waals surface area contributed by atoms with Crippen molar-refractivity contribution in [2.75, 3.05) is 19.5 Å². The molecule has 0 spiro atoms. The molecule has 17 heavy (non-hydrogen) atoms. The van der Waals surface area contributed by atoms with Gasteiger partial charge in [-0.25, -0.2) is 8.42 Å². The monoisotopic (exact) mass is 272 g/mol. The fraction of sp³-hybridized carbons (Fsp3) is 0.364. The Morgan fingerprint density at radius 1 is 1.47 bits per heavy atom. The fourth-order valence-electron chi connectivity index (χ4n) is 1.34. The van der Waals surface area contributed by atoms with Crippen molar-refractivity contribution in [1.29, 1.82) is 5.26 Å². The predicted octanol–water partition coefficient (Wildman–Crippen LogP) is 1.73. The Labute approximate surface area is 106 Å². The molecule has 0 fully saturated rings. The van der Waals surface area contributed by atoms with E-state index in [1.807, 2.05) is 6.07 Å². The normalized spacial score (nSPS) is 11.5. The molecule has 1 aromatic rings. The van der Waals surface area contributed by atoms with E-state index in [0.29, 0.717) is 11.1 Å². The van der Waals surface area contributed by atoms with Crippen molar-refractivity contribution >= 4 is 21.6 Å². The number of hydrogen-bond acceptors (Lipinski definition) is 3. The zero-order valence-corrected chi connectivity index (χ0v) is 11.2. The Morgan fingerprint density at radius 3 is 2.59 bits per heavy atom. The van der Waals surface area contributed by atoms with Crippen molar-refractivity contribution in [3.05, 3.63) is 29.3 Å². The third kappa shape index (κ3) is 2.97. The molecule has 0 heterocycles. The van der Waals surface area contributed by atoms with Crippen LogP contribution in [-0.2, 0) is 10.0 Å². The molecule has 0 saturated heterocycles. The molecule has 0 bridgehead atoms. The highest BCUT2D eigenvalue weighted by Gasteiger charge is 2.20. The first kappa shape index (κ1) is 14.0. The van der Waals surface area contributed by atoms with Gasteiger partial charge in [-0.2, -0.15) is 9.57 Å². The summed E-state index contributed by atoms with van der Waals surface area (Å²) in [5.41, 5.74) is 1.12. The van der Waals surface area contributed by atoms with Crippen molar-refractivity contribution in [2.24, 2.45) is 0 Å². The lowest BCUT2D eigenvalue weighted by molar-refractivity contribution is 0.488. The second kappa shape index (κ2) is 5.50. The molecule has 0 aliphatic heterocycles. The Hall–Kier alpha value is -1.09. The molecular formula is C11H13ClN2O2S. The Balaban J connectivity index is 3.18. The minimum absolute atomic E-state index is 0.182. The topological polar surface area (TPSA) is 61.2 Å². The van der Waals surface area contributed by atoms with Crippen molar-refractivity contribution in [3.63, 3.8) is 0 Å². The van der Waals surface area contributed by atoms with Gasteiger partial charge in [-0.15, -0.1) is 11.6 Å². The summed E-state index contributed by atoms with van der Waals surface area (Å²) in [6, 6.07) is 6.44. The van der Waals surface area contributed by atoms with Crippen molar-refractivity contribution in [3.8, 4) is 6.07 Å². The smallest absolute Gasteiger partial charge is 0.207 e. The van der Waals surface area contributed by atoms with Gasteiger partial charge in [0.05, 0.1) is 16.5 Å². The van der Waals surface area contributed by atoms with Gasteiger partial charge in [0.15, 0.2) is 0 Å². The van der Waals surface area contributed by atoms with Crippen molar-refractivity contribution in [2.45, 2.75) is 11.8 Å². The van der Waals surface area contributed by atoms with Gasteiger partial charge in [0, 0.05) is 19.5 Å². The largest absolute Gasteiger partial charge is 0.242 e. The van der Waals surface area contributed by atoms with Crippen LogP contribution in [0.4, 0.5) is 0 Å². The van der Waals surface area contributed by atoms with Gasteiger partial charge in [0.2, 0.25) is 10.0 Å². The maximum atomic E-state index is 12.1. The Morgan fingerprint density at radius 2 is 2.12 bits per heavy atom. The van der Waals surface area contributed by atoms with E-state index < -0.39 is 10.0 Å². The van der Waals surface area contributed by atoms with Gasteiger partial charge in [0.25, 0.3) is 0 Å². The first-order chi connectivity index (χ1) is 7.93. The fourth-order valence-corrected chi connectivity index (χ4v) is 2.95. The average Bonchev–Trinajstić information content (AvgIpc) is 2.29. The molecule has 4 nitrogen and oxygen atoms in total. The number of aryl methyl sites for hydroxylation is 1. The summed E-state index contributed by atoms with van der Waals surface area (Å²) in [7, 11) is -2.03. The summed E-state index contributed by atoms with van der Waals surface area (Å²) in [4.78, 5) is 0.182. The molecule has 1 aromatic carbocycles. The standard InChI is InChI=1S/C11H13ClN2O2S/c1-9-7-11(4-3-10(9)8-13)17(15,16)14(2)6-5-12/h3-4,7H,5-6H2,1-2H3. The van der Waals surface area contributed by atoms with E-state index in [2.05, 4.69) is 0 Å². The second-order valence-corrected chi connectivity index (χ2v) is 6.03. The molecule has 0 amide bonds. The van der Waals surface area contributed by atoms with Gasteiger partial charge < -0.3 is 0 Å². The minimum atomic E-state index is -3.51. The minimum Gasteiger partial charge on any atom is -0.207 e. The number of alkyl halides is 1. The Kier molecular flexibility index (Phi) is 4.52. The first-order valence-electron chi connectivity index (χ1n) is 4.96. The molecule has 0 unspecified atom stereocenters. The maximum Gasteiger partial charge on any atom is 0.242 e. The summed E-state index contributed by atoms with van der Waals surface area (Å²) < 4.78 is 25.3. The van der Waals surface area contributed by atoms with Crippen LogP contribution in [0.15, 0.2) is 23.1 Å². The Bertz CT molecular complexity index is 549. The van der Waals surface area contributed by atoms with Crippen LogP contribution in [0.25, 0.3) is 0 Å². The number of nitrogens with zero attached hydrogens (tertiary/aromatic N) is 2. The highest BCUT2D eigenvalue weighted by atomic mass is 35.5. The van der Waals surface area contributed by atoms with Crippen LogP contribution in [0.2, 0.25) is 0 Å².